The molecule has 0 spiro atoms. The van der Waals surface area contributed by atoms with E-state index >= 15 is 0 Å². The minimum Gasteiger partial charge on any atom is -0.396 e. The van der Waals surface area contributed by atoms with Gasteiger partial charge in [0.1, 0.15) is 0 Å². The van der Waals surface area contributed by atoms with E-state index in [2.05, 4.69) is 10.6 Å². The smallest absolute Gasteiger partial charge is 0.313 e. The van der Waals surface area contributed by atoms with Crippen LogP contribution >= 0.6 is 0 Å². The first kappa shape index (κ1) is 18.7. The summed E-state index contributed by atoms with van der Waals surface area (Å²) in [4.78, 5) is 23.9. The van der Waals surface area contributed by atoms with Crippen molar-refractivity contribution in [3.8, 4) is 0 Å². The molecule has 3 N–H and O–H groups in total. The minimum absolute atomic E-state index is 0.0847. The number of hydrogen-bond donors (Lipinski definition) is 3. The number of aliphatic hydroxyl groups excluding tert-OH is 1. The van der Waals surface area contributed by atoms with Gasteiger partial charge in [-0.05, 0) is 48.9 Å². The van der Waals surface area contributed by atoms with Gasteiger partial charge in [0.25, 0.3) is 0 Å². The second kappa shape index (κ2) is 9.59. The number of carbonyl (C=O) groups excluding carboxylic acids is 2. The Hall–Kier alpha value is -2.66. The molecule has 2 aromatic carbocycles. The van der Waals surface area contributed by atoms with Crippen molar-refractivity contribution >= 4 is 17.5 Å². The molecule has 0 aliphatic carbocycles. The first-order chi connectivity index (χ1) is 12.1. The van der Waals surface area contributed by atoms with Gasteiger partial charge in [0.2, 0.25) is 0 Å². The number of benzene rings is 2. The Bertz CT molecular complexity index is 701. The second-order valence-electron chi connectivity index (χ2n) is 5.99. The van der Waals surface area contributed by atoms with Crippen LogP contribution in [0.2, 0.25) is 0 Å². The van der Waals surface area contributed by atoms with Crippen LogP contribution in [0, 0.1) is 6.92 Å². The van der Waals surface area contributed by atoms with Crippen LogP contribution in [-0.4, -0.2) is 30.1 Å². The van der Waals surface area contributed by atoms with Gasteiger partial charge in [-0.3, -0.25) is 9.59 Å². The van der Waals surface area contributed by atoms with Crippen LogP contribution in [0.4, 0.5) is 5.69 Å². The van der Waals surface area contributed by atoms with Crippen LogP contribution in [0.15, 0.2) is 54.6 Å². The molecule has 0 aliphatic heterocycles. The van der Waals surface area contributed by atoms with Gasteiger partial charge in [-0.25, -0.2) is 0 Å². The Morgan fingerprint density at radius 3 is 2.44 bits per heavy atom. The molecular formula is C20H24N2O3. The van der Waals surface area contributed by atoms with Crippen molar-refractivity contribution in [1.82, 2.24) is 5.32 Å². The average molecular weight is 340 g/mol. The Kier molecular flexibility index (Phi) is 7.16. The molecule has 0 saturated carbocycles. The number of aliphatic hydroxyl groups is 1. The Morgan fingerprint density at radius 2 is 1.76 bits per heavy atom. The molecule has 0 fully saturated rings. The third kappa shape index (κ3) is 6.04. The van der Waals surface area contributed by atoms with Crippen molar-refractivity contribution in [3.63, 3.8) is 0 Å². The fourth-order valence-electron chi connectivity index (χ4n) is 2.71. The normalized spacial score (nSPS) is 11.6. The summed E-state index contributed by atoms with van der Waals surface area (Å²) >= 11 is 0. The summed E-state index contributed by atoms with van der Waals surface area (Å²) in [5, 5.41) is 14.5. The van der Waals surface area contributed by atoms with Crippen molar-refractivity contribution in [2.24, 2.45) is 0 Å². The van der Waals surface area contributed by atoms with Crippen LogP contribution < -0.4 is 10.6 Å². The molecular weight excluding hydrogens is 316 g/mol. The van der Waals surface area contributed by atoms with E-state index in [1.165, 1.54) is 0 Å². The average Bonchev–Trinajstić information content (AvgIpc) is 2.61. The van der Waals surface area contributed by atoms with E-state index in [0.29, 0.717) is 25.1 Å². The largest absolute Gasteiger partial charge is 0.396 e. The van der Waals surface area contributed by atoms with E-state index in [0.717, 1.165) is 11.1 Å². The maximum absolute atomic E-state index is 11.9. The first-order valence-corrected chi connectivity index (χ1v) is 8.42. The molecule has 0 aromatic heterocycles. The molecule has 0 aliphatic rings. The lowest BCUT2D eigenvalue weighted by Crippen LogP contribution is -2.36. The number of rotatable bonds is 7. The molecule has 5 nitrogen and oxygen atoms in total. The van der Waals surface area contributed by atoms with E-state index in [1.54, 1.807) is 12.1 Å². The molecule has 25 heavy (non-hydrogen) atoms. The number of amides is 2. The van der Waals surface area contributed by atoms with Crippen molar-refractivity contribution in [2.45, 2.75) is 25.7 Å². The zero-order valence-corrected chi connectivity index (χ0v) is 14.4. The SMILES string of the molecule is Cc1cccc(NC(=O)C(=O)NCCC(CCO)c2ccccc2)c1. The summed E-state index contributed by atoms with van der Waals surface area (Å²) in [6.45, 7) is 2.38. The quantitative estimate of drug-likeness (QED) is 0.678. The molecule has 132 valence electrons. The van der Waals surface area contributed by atoms with Crippen LogP contribution in [0.1, 0.15) is 29.9 Å². The summed E-state index contributed by atoms with van der Waals surface area (Å²) in [6, 6.07) is 17.1. The van der Waals surface area contributed by atoms with E-state index in [-0.39, 0.29) is 12.5 Å². The van der Waals surface area contributed by atoms with Crippen molar-refractivity contribution < 1.29 is 14.7 Å². The number of anilines is 1. The van der Waals surface area contributed by atoms with Gasteiger partial charge in [-0.2, -0.15) is 0 Å². The van der Waals surface area contributed by atoms with Crippen LogP contribution in [0.3, 0.4) is 0 Å². The third-order valence-corrected chi connectivity index (χ3v) is 4.01. The lowest BCUT2D eigenvalue weighted by atomic mass is 9.93. The molecule has 1 atom stereocenters. The summed E-state index contributed by atoms with van der Waals surface area (Å²) in [7, 11) is 0. The van der Waals surface area contributed by atoms with E-state index in [9.17, 15) is 14.7 Å². The number of hydrogen-bond acceptors (Lipinski definition) is 3. The molecule has 0 saturated heterocycles. The molecule has 5 heteroatoms. The highest BCUT2D eigenvalue weighted by molar-refractivity contribution is 6.39. The number of aryl methyl sites for hydroxylation is 1. The summed E-state index contributed by atoms with van der Waals surface area (Å²) in [5.74, 6) is -1.19. The summed E-state index contributed by atoms with van der Waals surface area (Å²) in [5.41, 5.74) is 2.73. The van der Waals surface area contributed by atoms with Crippen molar-refractivity contribution in [1.29, 1.82) is 0 Å². The van der Waals surface area contributed by atoms with Gasteiger partial charge in [0, 0.05) is 18.8 Å². The van der Waals surface area contributed by atoms with Gasteiger partial charge in [0.05, 0.1) is 0 Å². The highest BCUT2D eigenvalue weighted by atomic mass is 16.3. The Morgan fingerprint density at radius 1 is 1.00 bits per heavy atom. The predicted octanol–water partition coefficient (Wildman–Crippen LogP) is 2.61. The molecule has 0 heterocycles. The molecule has 0 bridgehead atoms. The fourth-order valence-corrected chi connectivity index (χ4v) is 2.71. The number of carbonyl (C=O) groups is 2. The maximum atomic E-state index is 11.9. The molecule has 2 aromatic rings. The van der Waals surface area contributed by atoms with Gasteiger partial charge in [-0.1, -0.05) is 42.5 Å². The van der Waals surface area contributed by atoms with E-state index in [1.807, 2.05) is 49.4 Å². The van der Waals surface area contributed by atoms with Gasteiger partial charge < -0.3 is 15.7 Å². The highest BCUT2D eigenvalue weighted by Gasteiger charge is 2.15. The zero-order chi connectivity index (χ0) is 18.1. The highest BCUT2D eigenvalue weighted by Crippen LogP contribution is 2.22. The van der Waals surface area contributed by atoms with Gasteiger partial charge >= 0.3 is 11.8 Å². The lowest BCUT2D eigenvalue weighted by Gasteiger charge is -2.16. The second-order valence-corrected chi connectivity index (χ2v) is 5.99. The Balaban J connectivity index is 1.83. The monoisotopic (exact) mass is 340 g/mol. The van der Waals surface area contributed by atoms with Crippen LogP contribution in [0.25, 0.3) is 0 Å². The topological polar surface area (TPSA) is 78.4 Å². The Labute approximate surface area is 148 Å². The first-order valence-electron chi connectivity index (χ1n) is 8.42. The molecule has 1 unspecified atom stereocenters. The van der Waals surface area contributed by atoms with Gasteiger partial charge in [0.15, 0.2) is 0 Å². The third-order valence-electron chi connectivity index (χ3n) is 4.01. The standard InChI is InChI=1S/C20H24N2O3/c1-15-6-5-9-18(14-15)22-20(25)19(24)21-12-10-17(11-13-23)16-7-3-2-4-8-16/h2-9,14,17,23H,10-13H2,1H3,(H,21,24)(H,22,25). The zero-order valence-electron chi connectivity index (χ0n) is 14.4. The van der Waals surface area contributed by atoms with E-state index < -0.39 is 11.8 Å². The molecule has 2 amide bonds. The van der Waals surface area contributed by atoms with Crippen LogP contribution in [0.5, 0.6) is 0 Å². The number of nitrogens with one attached hydrogen (secondary N) is 2. The lowest BCUT2D eigenvalue weighted by molar-refractivity contribution is -0.136. The van der Waals surface area contributed by atoms with Crippen molar-refractivity contribution in [3.05, 3.63) is 65.7 Å². The fraction of sp³-hybridized carbons (Fsp3) is 0.300. The summed E-state index contributed by atoms with van der Waals surface area (Å²) < 4.78 is 0. The maximum Gasteiger partial charge on any atom is 0.313 e. The predicted molar refractivity (Wildman–Crippen MR) is 98.3 cm³/mol. The molecule has 0 radical (unpaired) electrons. The molecule has 2 rings (SSSR count). The summed E-state index contributed by atoms with van der Waals surface area (Å²) in [6.07, 6.45) is 1.28. The van der Waals surface area contributed by atoms with Gasteiger partial charge in [-0.15, -0.1) is 0 Å². The van der Waals surface area contributed by atoms with Crippen molar-refractivity contribution in [2.75, 3.05) is 18.5 Å². The van der Waals surface area contributed by atoms with Crippen LogP contribution in [-0.2, 0) is 9.59 Å². The van der Waals surface area contributed by atoms with E-state index in [4.69, 9.17) is 0 Å². The minimum atomic E-state index is -0.677.